The Bertz CT molecular complexity index is 340. The zero-order valence-corrected chi connectivity index (χ0v) is 10.8. The maximum Gasteiger partial charge on any atom is 0.107 e. The lowest BCUT2D eigenvalue weighted by Crippen LogP contribution is -2.18. The summed E-state index contributed by atoms with van der Waals surface area (Å²) in [5.74, 6) is 2.63. The van der Waals surface area contributed by atoms with E-state index in [0.717, 1.165) is 36.8 Å². The van der Waals surface area contributed by atoms with E-state index in [4.69, 9.17) is 6.42 Å². The van der Waals surface area contributed by atoms with Crippen molar-refractivity contribution in [3.05, 3.63) is 16.1 Å². The third-order valence-electron chi connectivity index (χ3n) is 2.10. The summed E-state index contributed by atoms with van der Waals surface area (Å²) in [7, 11) is 2.01. The number of hydrogen-bond acceptors (Lipinski definition) is 4. The Labute approximate surface area is 102 Å². The Kier molecular flexibility index (Phi) is 6.09. The lowest BCUT2D eigenvalue weighted by molar-refractivity contribution is 0.365. The average molecular weight is 237 g/mol. The number of aromatic nitrogens is 1. The SMILES string of the molecule is C#CCN(C)Cc1csc(CNCCC)n1. The van der Waals surface area contributed by atoms with Crippen LogP contribution in [0.25, 0.3) is 0 Å². The zero-order chi connectivity index (χ0) is 11.8. The van der Waals surface area contributed by atoms with E-state index in [0.29, 0.717) is 6.54 Å². The highest BCUT2D eigenvalue weighted by Crippen LogP contribution is 2.10. The standard InChI is InChI=1S/C12H19N3S/c1-4-6-13-8-12-14-11(10-16-12)9-15(3)7-5-2/h2,10,13H,4,6-9H2,1,3H3. The summed E-state index contributed by atoms with van der Waals surface area (Å²) in [6.07, 6.45) is 6.41. The molecule has 0 radical (unpaired) electrons. The molecule has 1 aromatic rings. The van der Waals surface area contributed by atoms with Crippen molar-refractivity contribution in [2.75, 3.05) is 20.1 Å². The Balaban J connectivity index is 2.36. The maximum absolute atomic E-state index is 5.25. The smallest absolute Gasteiger partial charge is 0.107 e. The highest BCUT2D eigenvalue weighted by molar-refractivity contribution is 7.09. The molecule has 1 N–H and O–H groups in total. The lowest BCUT2D eigenvalue weighted by atomic mass is 10.4. The number of nitrogens with zero attached hydrogens (tertiary/aromatic N) is 2. The van der Waals surface area contributed by atoms with Crippen LogP contribution in [0.3, 0.4) is 0 Å². The molecule has 16 heavy (non-hydrogen) atoms. The van der Waals surface area contributed by atoms with E-state index >= 15 is 0 Å². The van der Waals surface area contributed by atoms with Crippen molar-refractivity contribution in [3.63, 3.8) is 0 Å². The number of rotatable bonds is 7. The highest BCUT2D eigenvalue weighted by atomic mass is 32.1. The van der Waals surface area contributed by atoms with Crippen LogP contribution in [-0.4, -0.2) is 30.0 Å². The van der Waals surface area contributed by atoms with Gasteiger partial charge in [-0.15, -0.1) is 17.8 Å². The van der Waals surface area contributed by atoms with E-state index in [1.807, 2.05) is 7.05 Å². The van der Waals surface area contributed by atoms with Gasteiger partial charge in [-0.25, -0.2) is 4.98 Å². The molecule has 1 rings (SSSR count). The van der Waals surface area contributed by atoms with E-state index in [1.165, 1.54) is 0 Å². The normalized spacial score (nSPS) is 10.6. The van der Waals surface area contributed by atoms with Crippen molar-refractivity contribution in [2.45, 2.75) is 26.4 Å². The van der Waals surface area contributed by atoms with Gasteiger partial charge in [0.25, 0.3) is 0 Å². The fourth-order valence-corrected chi connectivity index (χ4v) is 2.12. The average Bonchev–Trinajstić information content (AvgIpc) is 2.66. The summed E-state index contributed by atoms with van der Waals surface area (Å²) in [6, 6.07) is 0. The molecule has 1 heterocycles. The van der Waals surface area contributed by atoms with Crippen LogP contribution in [0.4, 0.5) is 0 Å². The Morgan fingerprint density at radius 1 is 1.62 bits per heavy atom. The molecular weight excluding hydrogens is 218 g/mol. The number of hydrogen-bond donors (Lipinski definition) is 1. The largest absolute Gasteiger partial charge is 0.310 e. The molecule has 0 saturated carbocycles. The molecule has 0 unspecified atom stereocenters. The summed E-state index contributed by atoms with van der Waals surface area (Å²) in [5.41, 5.74) is 1.11. The minimum Gasteiger partial charge on any atom is -0.310 e. The van der Waals surface area contributed by atoms with Gasteiger partial charge in [-0.2, -0.15) is 0 Å². The molecular formula is C12H19N3S. The van der Waals surface area contributed by atoms with Crippen LogP contribution < -0.4 is 5.32 Å². The maximum atomic E-state index is 5.25. The molecule has 1 aromatic heterocycles. The molecule has 0 saturated heterocycles. The molecule has 3 nitrogen and oxygen atoms in total. The van der Waals surface area contributed by atoms with Crippen LogP contribution >= 0.6 is 11.3 Å². The minimum absolute atomic E-state index is 0.668. The van der Waals surface area contributed by atoms with Crippen LogP contribution in [-0.2, 0) is 13.1 Å². The van der Waals surface area contributed by atoms with Crippen molar-refractivity contribution in [3.8, 4) is 12.3 Å². The molecule has 0 aliphatic carbocycles. The highest BCUT2D eigenvalue weighted by Gasteiger charge is 2.04. The summed E-state index contributed by atoms with van der Waals surface area (Å²) in [4.78, 5) is 6.63. The molecule has 0 aromatic carbocycles. The monoisotopic (exact) mass is 237 g/mol. The number of nitrogens with one attached hydrogen (secondary N) is 1. The van der Waals surface area contributed by atoms with Gasteiger partial charge in [0, 0.05) is 18.5 Å². The van der Waals surface area contributed by atoms with E-state index in [-0.39, 0.29) is 0 Å². The second-order valence-electron chi connectivity index (χ2n) is 3.79. The molecule has 0 amide bonds. The van der Waals surface area contributed by atoms with Crippen molar-refractivity contribution in [2.24, 2.45) is 0 Å². The van der Waals surface area contributed by atoms with Crippen molar-refractivity contribution < 1.29 is 0 Å². The molecule has 4 heteroatoms. The van der Waals surface area contributed by atoms with Crippen molar-refractivity contribution in [1.82, 2.24) is 15.2 Å². The summed E-state index contributed by atoms with van der Waals surface area (Å²) in [5, 5.41) is 6.60. The van der Waals surface area contributed by atoms with Gasteiger partial charge in [-0.3, -0.25) is 4.90 Å². The molecule has 0 bridgehead atoms. The molecule has 0 aliphatic rings. The predicted molar refractivity (Wildman–Crippen MR) is 69.3 cm³/mol. The molecule has 0 aliphatic heterocycles. The van der Waals surface area contributed by atoms with Gasteiger partial charge < -0.3 is 5.32 Å². The first-order valence-electron chi connectivity index (χ1n) is 5.52. The van der Waals surface area contributed by atoms with Crippen LogP contribution in [0, 0.1) is 12.3 Å². The number of terminal acetylenes is 1. The molecule has 0 fully saturated rings. The second-order valence-corrected chi connectivity index (χ2v) is 4.73. The predicted octanol–water partition coefficient (Wildman–Crippen LogP) is 1.71. The van der Waals surface area contributed by atoms with Gasteiger partial charge in [-0.1, -0.05) is 12.8 Å². The quantitative estimate of drug-likeness (QED) is 0.578. The molecule has 88 valence electrons. The summed E-state index contributed by atoms with van der Waals surface area (Å²) >= 11 is 1.71. The van der Waals surface area contributed by atoms with E-state index in [2.05, 4.69) is 33.4 Å². The Morgan fingerprint density at radius 3 is 3.12 bits per heavy atom. The van der Waals surface area contributed by atoms with Crippen molar-refractivity contribution >= 4 is 11.3 Å². The summed E-state index contributed by atoms with van der Waals surface area (Å²) < 4.78 is 0. The molecule has 0 spiro atoms. The first-order valence-corrected chi connectivity index (χ1v) is 6.40. The van der Waals surface area contributed by atoms with Gasteiger partial charge in [0.1, 0.15) is 5.01 Å². The lowest BCUT2D eigenvalue weighted by Gasteiger charge is -2.10. The van der Waals surface area contributed by atoms with Crippen LogP contribution in [0.2, 0.25) is 0 Å². The van der Waals surface area contributed by atoms with Crippen LogP contribution in [0.1, 0.15) is 24.0 Å². The zero-order valence-electron chi connectivity index (χ0n) is 9.99. The van der Waals surface area contributed by atoms with E-state index in [1.54, 1.807) is 11.3 Å². The minimum atomic E-state index is 0.668. The third kappa shape index (κ3) is 4.75. The molecule has 0 atom stereocenters. The van der Waals surface area contributed by atoms with Crippen LogP contribution in [0.15, 0.2) is 5.38 Å². The third-order valence-corrected chi connectivity index (χ3v) is 2.99. The number of thiazole rings is 1. The van der Waals surface area contributed by atoms with Gasteiger partial charge in [-0.05, 0) is 20.0 Å². The topological polar surface area (TPSA) is 28.2 Å². The van der Waals surface area contributed by atoms with Crippen molar-refractivity contribution in [1.29, 1.82) is 0 Å². The van der Waals surface area contributed by atoms with E-state index in [9.17, 15) is 0 Å². The fraction of sp³-hybridized carbons (Fsp3) is 0.583. The van der Waals surface area contributed by atoms with Gasteiger partial charge >= 0.3 is 0 Å². The Hall–Kier alpha value is -0.890. The van der Waals surface area contributed by atoms with Gasteiger partial charge in [0.2, 0.25) is 0 Å². The Morgan fingerprint density at radius 2 is 2.44 bits per heavy atom. The van der Waals surface area contributed by atoms with E-state index < -0.39 is 0 Å². The first kappa shape index (κ1) is 13.2. The van der Waals surface area contributed by atoms with Crippen LogP contribution in [0.5, 0.6) is 0 Å². The first-order chi connectivity index (χ1) is 7.76. The second kappa shape index (κ2) is 7.39. The van der Waals surface area contributed by atoms with Gasteiger partial charge in [0.05, 0.1) is 12.2 Å². The fourth-order valence-electron chi connectivity index (χ4n) is 1.36. The van der Waals surface area contributed by atoms with Gasteiger partial charge in [0.15, 0.2) is 0 Å². The summed E-state index contributed by atoms with van der Waals surface area (Å²) in [6.45, 7) is 5.58.